The average molecular weight is 513 g/mol. The lowest BCUT2D eigenvalue weighted by Gasteiger charge is -2.20. The Labute approximate surface area is 206 Å². The van der Waals surface area contributed by atoms with E-state index < -0.39 is 0 Å². The number of aromatic nitrogens is 3. The maximum Gasteiger partial charge on any atom is 0.205 e. The minimum Gasteiger partial charge on any atom is -0.360 e. The van der Waals surface area contributed by atoms with Crippen LogP contribution in [0.15, 0.2) is 120 Å². The molecule has 1 N–H and O–H groups in total. The van der Waals surface area contributed by atoms with Gasteiger partial charge < -0.3 is 5.32 Å². The molecule has 5 rings (SSSR count). The number of benzene rings is 4. The predicted octanol–water partition coefficient (Wildman–Crippen LogP) is 7.49. The molecule has 0 saturated carbocycles. The van der Waals surface area contributed by atoms with Crippen LogP contribution in [0.3, 0.4) is 0 Å². The lowest BCUT2D eigenvalue weighted by Crippen LogP contribution is -2.21. The third-order valence-corrected chi connectivity index (χ3v) is 6.20. The van der Waals surface area contributed by atoms with Crippen molar-refractivity contribution < 1.29 is 0 Å². The minimum atomic E-state index is -0.281. The number of hydrogen-bond acceptors (Lipinski definition) is 3. The van der Waals surface area contributed by atoms with Crippen LogP contribution in [-0.2, 0) is 0 Å². The molecule has 1 atom stereocenters. The van der Waals surface area contributed by atoms with Gasteiger partial charge in [-0.1, -0.05) is 94.8 Å². The van der Waals surface area contributed by atoms with Crippen LogP contribution in [0.5, 0.6) is 0 Å². The zero-order chi connectivity index (χ0) is 22.6. The van der Waals surface area contributed by atoms with Crippen LogP contribution in [0, 0.1) is 4.77 Å². The van der Waals surface area contributed by atoms with Gasteiger partial charge in [0, 0.05) is 21.4 Å². The molecule has 0 fully saturated rings. The molecule has 0 spiro atoms. The Morgan fingerprint density at radius 2 is 1.39 bits per heavy atom. The van der Waals surface area contributed by atoms with Gasteiger partial charge in [0.15, 0.2) is 5.82 Å². The molecular formula is C27H21BrN4S. The first kappa shape index (κ1) is 21.4. The number of hydrogen-bond donors (Lipinski definition) is 1. The van der Waals surface area contributed by atoms with E-state index in [1.54, 1.807) is 0 Å². The number of anilines is 1. The largest absolute Gasteiger partial charge is 0.360 e. The summed E-state index contributed by atoms with van der Waals surface area (Å²) in [4.78, 5) is 0. The van der Waals surface area contributed by atoms with E-state index in [-0.39, 0.29) is 6.17 Å². The minimum absolute atomic E-state index is 0.281. The third kappa shape index (κ3) is 4.53. The summed E-state index contributed by atoms with van der Waals surface area (Å²) in [5.41, 5.74) is 4.00. The zero-order valence-electron chi connectivity index (χ0n) is 17.7. The Bertz CT molecular complexity index is 1410. The van der Waals surface area contributed by atoms with Gasteiger partial charge in [0.05, 0.1) is 0 Å². The van der Waals surface area contributed by atoms with Gasteiger partial charge in [0.1, 0.15) is 6.17 Å². The maximum atomic E-state index is 6.03. The van der Waals surface area contributed by atoms with Gasteiger partial charge in [-0.05, 0) is 54.2 Å². The number of rotatable bonds is 6. The summed E-state index contributed by atoms with van der Waals surface area (Å²) >= 11 is 9.63. The fourth-order valence-electron chi connectivity index (χ4n) is 3.79. The van der Waals surface area contributed by atoms with E-state index in [9.17, 15) is 0 Å². The van der Waals surface area contributed by atoms with Crippen LogP contribution in [0.2, 0.25) is 0 Å². The quantitative estimate of drug-likeness (QED) is 0.239. The highest BCUT2D eigenvalue weighted by Crippen LogP contribution is 2.29. The molecule has 6 heteroatoms. The van der Waals surface area contributed by atoms with Crippen LogP contribution in [0.1, 0.15) is 11.7 Å². The molecule has 1 heterocycles. The molecule has 33 heavy (non-hydrogen) atoms. The van der Waals surface area contributed by atoms with Gasteiger partial charge in [-0.15, -0.1) is 5.10 Å². The summed E-state index contributed by atoms with van der Waals surface area (Å²) in [6, 6.07) is 38.6. The van der Waals surface area contributed by atoms with E-state index in [1.165, 1.54) is 0 Å². The molecule has 4 nitrogen and oxygen atoms in total. The van der Waals surface area contributed by atoms with Gasteiger partial charge >= 0.3 is 0 Å². The summed E-state index contributed by atoms with van der Waals surface area (Å²) in [7, 11) is 0. The lowest BCUT2D eigenvalue weighted by molar-refractivity contribution is 0.566. The highest BCUT2D eigenvalue weighted by molar-refractivity contribution is 9.10. The summed E-state index contributed by atoms with van der Waals surface area (Å²) in [5.74, 6) is 0.781. The molecule has 0 bridgehead atoms. The molecule has 0 aliphatic carbocycles. The van der Waals surface area contributed by atoms with Crippen molar-refractivity contribution in [3.63, 3.8) is 0 Å². The van der Waals surface area contributed by atoms with Crippen molar-refractivity contribution in [2.24, 2.45) is 0 Å². The van der Waals surface area contributed by atoms with E-state index >= 15 is 0 Å². The molecule has 0 amide bonds. The second-order valence-electron chi connectivity index (χ2n) is 7.56. The van der Waals surface area contributed by atoms with Gasteiger partial charge in [-0.3, -0.25) is 4.57 Å². The molecule has 4 aromatic carbocycles. The number of halogens is 1. The van der Waals surface area contributed by atoms with Gasteiger partial charge in [0.2, 0.25) is 4.77 Å². The van der Waals surface area contributed by atoms with Crippen molar-refractivity contribution in [2.75, 3.05) is 5.32 Å². The monoisotopic (exact) mass is 512 g/mol. The highest BCUT2D eigenvalue weighted by atomic mass is 79.9. The van der Waals surface area contributed by atoms with E-state index in [2.05, 4.69) is 39.4 Å². The van der Waals surface area contributed by atoms with Crippen LogP contribution >= 0.6 is 28.1 Å². The summed E-state index contributed by atoms with van der Waals surface area (Å²) < 4.78 is 5.51. The third-order valence-electron chi connectivity index (χ3n) is 5.34. The molecular weight excluding hydrogens is 492 g/mol. The Hall–Kier alpha value is -3.48. The zero-order valence-corrected chi connectivity index (χ0v) is 20.1. The second kappa shape index (κ2) is 9.57. The van der Waals surface area contributed by atoms with Gasteiger partial charge in [-0.2, -0.15) is 0 Å². The van der Waals surface area contributed by atoms with Crippen molar-refractivity contribution in [1.82, 2.24) is 14.3 Å². The SMILES string of the molecule is S=c1n([C@H](Nc2ccccc2)c2ccccc2)nc(-c2cccc(Br)c2)n1-c1ccccc1. The van der Waals surface area contributed by atoms with E-state index in [0.717, 1.165) is 32.8 Å². The number of para-hydroxylation sites is 2. The number of nitrogens with zero attached hydrogens (tertiary/aromatic N) is 3. The van der Waals surface area contributed by atoms with Crippen LogP contribution in [0.25, 0.3) is 17.1 Å². The fraction of sp³-hybridized carbons (Fsp3) is 0.0370. The van der Waals surface area contributed by atoms with Gasteiger partial charge in [0.25, 0.3) is 0 Å². The Kier molecular flexibility index (Phi) is 6.19. The van der Waals surface area contributed by atoms with Crippen molar-refractivity contribution >= 4 is 33.8 Å². The highest BCUT2D eigenvalue weighted by Gasteiger charge is 2.22. The van der Waals surface area contributed by atoms with E-state index in [1.807, 2.05) is 106 Å². The van der Waals surface area contributed by atoms with Crippen LogP contribution in [-0.4, -0.2) is 14.3 Å². The van der Waals surface area contributed by atoms with Crippen molar-refractivity contribution in [3.8, 4) is 17.1 Å². The topological polar surface area (TPSA) is 34.8 Å². The summed E-state index contributed by atoms with van der Waals surface area (Å²) in [5, 5.41) is 8.68. The Morgan fingerprint density at radius 3 is 2.06 bits per heavy atom. The predicted molar refractivity (Wildman–Crippen MR) is 140 cm³/mol. The first-order valence-corrected chi connectivity index (χ1v) is 11.8. The first-order valence-electron chi connectivity index (χ1n) is 10.6. The maximum absolute atomic E-state index is 6.03. The first-order chi connectivity index (χ1) is 16.2. The lowest BCUT2D eigenvalue weighted by atomic mass is 10.1. The number of nitrogens with one attached hydrogen (secondary N) is 1. The molecule has 0 radical (unpaired) electrons. The van der Waals surface area contributed by atoms with E-state index in [0.29, 0.717) is 4.77 Å². The average Bonchev–Trinajstić information content (AvgIpc) is 3.21. The van der Waals surface area contributed by atoms with Crippen LogP contribution < -0.4 is 5.32 Å². The smallest absolute Gasteiger partial charge is 0.205 e. The Balaban J connectivity index is 1.73. The van der Waals surface area contributed by atoms with Crippen molar-refractivity contribution in [3.05, 3.63) is 130 Å². The fourth-order valence-corrected chi connectivity index (χ4v) is 4.53. The molecule has 0 unspecified atom stereocenters. The standard InChI is InChI=1S/C27H21BrN4S/c28-22-14-10-13-21(19-22)26-30-32(27(33)31(26)24-17-8-3-9-18-24)25(20-11-4-1-5-12-20)29-23-15-6-2-7-16-23/h1-19,25,29H/t25-/m0/s1. The molecule has 5 aromatic rings. The molecule has 0 aliphatic heterocycles. The second-order valence-corrected chi connectivity index (χ2v) is 8.84. The molecule has 1 aromatic heterocycles. The molecule has 162 valence electrons. The summed E-state index contributed by atoms with van der Waals surface area (Å²) in [6.45, 7) is 0. The Morgan fingerprint density at radius 1 is 0.758 bits per heavy atom. The molecule has 0 aliphatic rings. The summed E-state index contributed by atoms with van der Waals surface area (Å²) in [6.07, 6.45) is -0.281. The van der Waals surface area contributed by atoms with Crippen LogP contribution in [0.4, 0.5) is 5.69 Å². The van der Waals surface area contributed by atoms with Crippen molar-refractivity contribution in [2.45, 2.75) is 6.17 Å². The molecule has 0 saturated heterocycles. The van der Waals surface area contributed by atoms with E-state index in [4.69, 9.17) is 17.3 Å². The van der Waals surface area contributed by atoms with Gasteiger partial charge in [-0.25, -0.2) is 4.68 Å². The van der Waals surface area contributed by atoms with Crippen molar-refractivity contribution in [1.29, 1.82) is 0 Å². The normalized spacial score (nSPS) is 11.8.